The van der Waals surface area contributed by atoms with Gasteiger partial charge in [-0.15, -0.1) is 0 Å². The maximum Gasteiger partial charge on any atom is 0.246 e. The van der Waals surface area contributed by atoms with Gasteiger partial charge in [-0.3, -0.25) is 14.5 Å². The molecule has 2 aliphatic heterocycles. The van der Waals surface area contributed by atoms with Crippen LogP contribution in [0.5, 0.6) is 0 Å². The lowest BCUT2D eigenvalue weighted by molar-refractivity contribution is -0.127. The summed E-state index contributed by atoms with van der Waals surface area (Å²) < 4.78 is 13.1. The molecule has 1 N–H and O–H groups in total. The Balaban J connectivity index is 1.42. The van der Waals surface area contributed by atoms with Crippen molar-refractivity contribution in [3.63, 3.8) is 0 Å². The monoisotopic (exact) mass is 438 g/mol. The molecule has 2 aromatic rings. The number of aromatic nitrogens is 2. The number of likely N-dealkylation sites (tertiary alicyclic amines) is 1. The molecule has 1 aromatic heterocycles. The van der Waals surface area contributed by atoms with Crippen LogP contribution < -0.4 is 10.2 Å². The van der Waals surface area contributed by atoms with Gasteiger partial charge in [-0.1, -0.05) is 6.08 Å². The van der Waals surface area contributed by atoms with E-state index in [4.69, 9.17) is 0 Å². The minimum absolute atomic E-state index is 0.00360. The lowest BCUT2D eigenvalue weighted by Gasteiger charge is -2.36. The Kier molecular flexibility index (Phi) is 6.45. The van der Waals surface area contributed by atoms with Gasteiger partial charge in [0.2, 0.25) is 17.8 Å². The number of piperidine rings is 1. The molecule has 0 atom stereocenters. The number of likely N-dealkylation sites (N-methyl/N-ethyl adjacent to an activating group) is 1. The number of hydrogen-bond acceptors (Lipinski definition) is 6. The summed E-state index contributed by atoms with van der Waals surface area (Å²) in [4.78, 5) is 39.6. The number of nitrogens with one attached hydrogen (secondary N) is 1. The molecule has 0 saturated carbocycles. The first-order chi connectivity index (χ1) is 15.4. The standard InChI is InChI=1S/C23H27FN6O2/c1-28(2)11-3-4-20(31)29-12-9-19(10-13-29)30-21(32)14-16-15-25-23(27-22(16)30)26-18-7-5-17(24)6-8-18/h3-8,15,19H,9-14H2,1-2H3,(H,25,26,27)/b4-3+. The van der Waals surface area contributed by atoms with Crippen LogP contribution in [0.15, 0.2) is 42.6 Å². The van der Waals surface area contributed by atoms with Crippen molar-refractivity contribution in [2.45, 2.75) is 25.3 Å². The number of rotatable bonds is 6. The minimum Gasteiger partial charge on any atom is -0.339 e. The van der Waals surface area contributed by atoms with Gasteiger partial charge < -0.3 is 15.1 Å². The molecule has 1 aromatic carbocycles. The van der Waals surface area contributed by atoms with Crippen LogP contribution in [0.2, 0.25) is 0 Å². The van der Waals surface area contributed by atoms with Crippen molar-refractivity contribution in [2.24, 2.45) is 0 Å². The van der Waals surface area contributed by atoms with Crippen molar-refractivity contribution < 1.29 is 14.0 Å². The highest BCUT2D eigenvalue weighted by Gasteiger charge is 2.37. The summed E-state index contributed by atoms with van der Waals surface area (Å²) in [7, 11) is 3.91. The molecular formula is C23H27FN6O2. The predicted molar refractivity (Wildman–Crippen MR) is 120 cm³/mol. The van der Waals surface area contributed by atoms with Gasteiger partial charge in [0.1, 0.15) is 11.6 Å². The van der Waals surface area contributed by atoms with Crippen molar-refractivity contribution in [1.29, 1.82) is 0 Å². The van der Waals surface area contributed by atoms with Gasteiger partial charge >= 0.3 is 0 Å². The predicted octanol–water partition coefficient (Wildman–Crippen LogP) is 2.36. The normalized spacial score (nSPS) is 16.8. The summed E-state index contributed by atoms with van der Waals surface area (Å²) in [6, 6.07) is 5.92. The molecular weight excluding hydrogens is 411 g/mol. The number of amides is 2. The molecule has 32 heavy (non-hydrogen) atoms. The fraction of sp³-hybridized carbons (Fsp3) is 0.391. The Morgan fingerprint density at radius 3 is 2.66 bits per heavy atom. The summed E-state index contributed by atoms with van der Waals surface area (Å²) in [5, 5.41) is 3.06. The number of carbonyl (C=O) groups excluding carboxylic acids is 2. The van der Waals surface area contributed by atoms with Crippen molar-refractivity contribution in [3.8, 4) is 0 Å². The van der Waals surface area contributed by atoms with Crippen LogP contribution in [0, 0.1) is 5.82 Å². The van der Waals surface area contributed by atoms with E-state index in [0.717, 1.165) is 12.1 Å². The third-order valence-electron chi connectivity index (χ3n) is 5.65. The summed E-state index contributed by atoms with van der Waals surface area (Å²) in [5.41, 5.74) is 1.46. The topological polar surface area (TPSA) is 81.7 Å². The molecule has 9 heteroatoms. The Hall–Kier alpha value is -3.33. The van der Waals surface area contributed by atoms with E-state index >= 15 is 0 Å². The van der Waals surface area contributed by atoms with Gasteiger partial charge in [0.25, 0.3) is 0 Å². The average molecular weight is 439 g/mol. The van der Waals surface area contributed by atoms with Crippen LogP contribution in [0.3, 0.4) is 0 Å². The second-order valence-corrected chi connectivity index (χ2v) is 8.34. The molecule has 4 rings (SSSR count). The minimum atomic E-state index is -0.319. The molecule has 0 spiro atoms. The summed E-state index contributed by atoms with van der Waals surface area (Å²) >= 11 is 0. The number of anilines is 3. The molecule has 1 fully saturated rings. The zero-order valence-electron chi connectivity index (χ0n) is 18.3. The van der Waals surface area contributed by atoms with Crippen LogP contribution in [0.1, 0.15) is 18.4 Å². The second-order valence-electron chi connectivity index (χ2n) is 8.34. The third kappa shape index (κ3) is 4.94. The zero-order chi connectivity index (χ0) is 22.7. The first kappa shape index (κ1) is 21.9. The largest absolute Gasteiger partial charge is 0.339 e. The zero-order valence-corrected chi connectivity index (χ0v) is 18.3. The van der Waals surface area contributed by atoms with E-state index in [-0.39, 0.29) is 30.1 Å². The van der Waals surface area contributed by atoms with E-state index in [1.807, 2.05) is 30.0 Å². The van der Waals surface area contributed by atoms with E-state index < -0.39 is 0 Å². The summed E-state index contributed by atoms with van der Waals surface area (Å²) in [6.45, 7) is 1.91. The molecule has 8 nitrogen and oxygen atoms in total. The van der Waals surface area contributed by atoms with Crippen molar-refractivity contribution in [2.75, 3.05) is 43.9 Å². The maximum absolute atomic E-state index is 13.1. The fourth-order valence-corrected chi connectivity index (χ4v) is 4.01. The van der Waals surface area contributed by atoms with Crippen LogP contribution in [0.4, 0.5) is 21.8 Å². The second kappa shape index (κ2) is 9.44. The molecule has 3 heterocycles. The molecule has 1 saturated heterocycles. The van der Waals surface area contributed by atoms with Gasteiger partial charge in [-0.05, 0) is 51.2 Å². The van der Waals surface area contributed by atoms with Gasteiger partial charge in [0, 0.05) is 49.2 Å². The SMILES string of the molecule is CN(C)C/C=C/C(=O)N1CCC(N2C(=O)Cc3cnc(Nc4ccc(F)cc4)nc32)CC1. The van der Waals surface area contributed by atoms with Crippen LogP contribution in [0.25, 0.3) is 0 Å². The first-order valence-corrected chi connectivity index (χ1v) is 10.7. The number of carbonyl (C=O) groups is 2. The van der Waals surface area contributed by atoms with Gasteiger partial charge in [-0.2, -0.15) is 4.98 Å². The van der Waals surface area contributed by atoms with Gasteiger partial charge in [0.05, 0.1) is 6.42 Å². The van der Waals surface area contributed by atoms with E-state index in [0.29, 0.717) is 43.4 Å². The molecule has 168 valence electrons. The Bertz CT molecular complexity index is 1020. The number of halogens is 1. The van der Waals surface area contributed by atoms with Crippen molar-refractivity contribution in [1.82, 2.24) is 19.8 Å². The molecule has 0 unspecified atom stereocenters. The van der Waals surface area contributed by atoms with Crippen LogP contribution >= 0.6 is 0 Å². The summed E-state index contributed by atoms with van der Waals surface area (Å²) in [5.74, 6) is 0.662. The third-order valence-corrected chi connectivity index (χ3v) is 5.65. The number of benzene rings is 1. The Labute approximate surface area is 186 Å². The quantitative estimate of drug-likeness (QED) is 0.698. The number of fused-ring (bicyclic) bond motifs is 1. The highest BCUT2D eigenvalue weighted by atomic mass is 19.1. The van der Waals surface area contributed by atoms with Crippen molar-refractivity contribution >= 4 is 29.3 Å². The lowest BCUT2D eigenvalue weighted by atomic mass is 10.0. The van der Waals surface area contributed by atoms with Crippen LogP contribution in [-0.4, -0.2) is 71.4 Å². The highest BCUT2D eigenvalue weighted by molar-refractivity contribution is 6.00. The van der Waals surface area contributed by atoms with Crippen molar-refractivity contribution in [3.05, 3.63) is 54.0 Å². The average Bonchev–Trinajstić information content (AvgIpc) is 3.10. The maximum atomic E-state index is 13.1. The van der Waals surface area contributed by atoms with E-state index in [2.05, 4.69) is 15.3 Å². The summed E-state index contributed by atoms with van der Waals surface area (Å²) in [6.07, 6.45) is 6.82. The first-order valence-electron chi connectivity index (χ1n) is 10.7. The van der Waals surface area contributed by atoms with E-state index in [9.17, 15) is 14.0 Å². The highest BCUT2D eigenvalue weighted by Crippen LogP contribution is 2.32. The number of hydrogen-bond donors (Lipinski definition) is 1. The fourth-order valence-electron chi connectivity index (χ4n) is 4.01. The number of nitrogens with zero attached hydrogens (tertiary/aromatic N) is 5. The molecule has 0 aliphatic carbocycles. The Morgan fingerprint density at radius 2 is 1.97 bits per heavy atom. The van der Waals surface area contributed by atoms with E-state index in [1.165, 1.54) is 12.1 Å². The van der Waals surface area contributed by atoms with E-state index in [1.54, 1.807) is 29.3 Å². The van der Waals surface area contributed by atoms with Crippen LogP contribution in [-0.2, 0) is 16.0 Å². The molecule has 2 amide bonds. The Morgan fingerprint density at radius 1 is 1.25 bits per heavy atom. The molecule has 0 radical (unpaired) electrons. The smallest absolute Gasteiger partial charge is 0.246 e. The van der Waals surface area contributed by atoms with Gasteiger partial charge in [-0.25, -0.2) is 9.37 Å². The lowest BCUT2D eigenvalue weighted by Crippen LogP contribution is -2.47. The van der Waals surface area contributed by atoms with Gasteiger partial charge in [0.15, 0.2) is 0 Å². The molecule has 0 bridgehead atoms. The molecule has 2 aliphatic rings.